The van der Waals surface area contributed by atoms with Crippen LogP contribution in [0, 0.1) is 11.6 Å². The van der Waals surface area contributed by atoms with Crippen molar-refractivity contribution in [3.63, 3.8) is 0 Å². The maximum absolute atomic E-state index is 13.5. The van der Waals surface area contributed by atoms with Gasteiger partial charge in [-0.25, -0.2) is 13.6 Å². The Morgan fingerprint density at radius 2 is 1.80 bits per heavy atom. The lowest BCUT2D eigenvalue weighted by Crippen LogP contribution is -2.43. The summed E-state index contributed by atoms with van der Waals surface area (Å²) >= 11 is 2.84. The van der Waals surface area contributed by atoms with Crippen molar-refractivity contribution in [1.82, 2.24) is 5.32 Å². The molecule has 1 unspecified atom stereocenters. The fraction of sp³-hybridized carbons (Fsp3) is 0.182. The van der Waals surface area contributed by atoms with Crippen LogP contribution >= 0.6 is 15.9 Å². The normalized spacial score (nSPS) is 11.8. The van der Waals surface area contributed by atoms with Crippen molar-refractivity contribution in [3.8, 4) is 0 Å². The first-order valence-electron chi connectivity index (χ1n) is 5.19. The van der Waals surface area contributed by atoms with Gasteiger partial charge in [0.2, 0.25) is 5.91 Å². The number of carboxylic acid groups (broad SMARTS) is 1. The van der Waals surface area contributed by atoms with Gasteiger partial charge in [0, 0.05) is 4.47 Å². The summed E-state index contributed by atoms with van der Waals surface area (Å²) in [6, 6.07) is 0.0337. The molecule has 2 amide bonds. The standard InChI is InChI=1S/C11H9BrF2N2O4/c12-4-1-5(13)9(6(14)2-4)10(18)16-7(11(19)20)3-8(15)17/h1-2,7H,3H2,(H2,15,17)(H,16,18)(H,19,20). The van der Waals surface area contributed by atoms with Crippen LogP contribution in [0.4, 0.5) is 8.78 Å². The first kappa shape index (κ1) is 16.0. The number of carbonyl (C=O) groups is 3. The number of amides is 2. The fourth-order valence-corrected chi connectivity index (χ4v) is 1.79. The first-order chi connectivity index (χ1) is 9.22. The van der Waals surface area contributed by atoms with Crippen LogP contribution in [0.1, 0.15) is 16.8 Å². The molecule has 0 aliphatic rings. The number of primary amides is 1. The zero-order valence-corrected chi connectivity index (χ0v) is 11.4. The zero-order valence-electron chi connectivity index (χ0n) is 9.82. The number of hydrogen-bond acceptors (Lipinski definition) is 3. The van der Waals surface area contributed by atoms with Gasteiger partial charge in [-0.3, -0.25) is 9.59 Å². The Bertz CT molecular complexity index is 557. The van der Waals surface area contributed by atoms with Crippen LogP contribution in [-0.2, 0) is 9.59 Å². The highest BCUT2D eigenvalue weighted by molar-refractivity contribution is 9.10. The summed E-state index contributed by atoms with van der Waals surface area (Å²) in [4.78, 5) is 33.1. The van der Waals surface area contributed by atoms with E-state index in [1.54, 1.807) is 0 Å². The van der Waals surface area contributed by atoms with Gasteiger partial charge in [-0.1, -0.05) is 15.9 Å². The van der Waals surface area contributed by atoms with E-state index in [2.05, 4.69) is 15.9 Å². The molecule has 1 atom stereocenters. The maximum atomic E-state index is 13.5. The molecule has 6 nitrogen and oxygen atoms in total. The number of rotatable bonds is 5. The lowest BCUT2D eigenvalue weighted by Gasteiger charge is -2.13. The molecule has 9 heteroatoms. The van der Waals surface area contributed by atoms with Crippen LogP contribution in [0.25, 0.3) is 0 Å². The number of carbonyl (C=O) groups excluding carboxylic acids is 2. The molecule has 0 spiro atoms. The zero-order chi connectivity index (χ0) is 15.4. The predicted octanol–water partition coefficient (Wildman–Crippen LogP) is 0.786. The summed E-state index contributed by atoms with van der Waals surface area (Å²) in [6.07, 6.45) is -0.694. The third-order valence-electron chi connectivity index (χ3n) is 2.24. The Morgan fingerprint density at radius 3 is 2.20 bits per heavy atom. The van der Waals surface area contributed by atoms with Crippen molar-refractivity contribution >= 4 is 33.7 Å². The average molecular weight is 351 g/mol. The minimum Gasteiger partial charge on any atom is -0.480 e. The smallest absolute Gasteiger partial charge is 0.326 e. The van der Waals surface area contributed by atoms with E-state index in [-0.39, 0.29) is 4.47 Å². The number of nitrogens with two attached hydrogens (primary N) is 1. The molecule has 0 saturated heterocycles. The fourth-order valence-electron chi connectivity index (χ4n) is 1.39. The SMILES string of the molecule is NC(=O)CC(NC(=O)c1c(F)cc(Br)cc1F)C(=O)O. The molecular formula is C11H9BrF2N2O4. The second kappa shape index (κ2) is 6.42. The summed E-state index contributed by atoms with van der Waals surface area (Å²) in [5.41, 5.74) is 3.88. The molecule has 0 aromatic heterocycles. The summed E-state index contributed by atoms with van der Waals surface area (Å²) in [6.45, 7) is 0. The van der Waals surface area contributed by atoms with E-state index in [1.165, 1.54) is 0 Å². The summed E-state index contributed by atoms with van der Waals surface area (Å²) in [7, 11) is 0. The topological polar surface area (TPSA) is 109 Å². The molecular weight excluding hydrogens is 342 g/mol. The number of benzene rings is 1. The summed E-state index contributed by atoms with van der Waals surface area (Å²) in [5, 5.41) is 10.6. The Hall–Kier alpha value is -2.03. The van der Waals surface area contributed by atoms with E-state index in [1.807, 2.05) is 5.32 Å². The van der Waals surface area contributed by atoms with Crippen LogP contribution in [0.3, 0.4) is 0 Å². The van der Waals surface area contributed by atoms with E-state index >= 15 is 0 Å². The molecule has 0 radical (unpaired) electrons. The van der Waals surface area contributed by atoms with Gasteiger partial charge < -0.3 is 16.2 Å². The predicted molar refractivity (Wildman–Crippen MR) is 66.8 cm³/mol. The molecule has 1 aromatic rings. The van der Waals surface area contributed by atoms with Gasteiger partial charge in [0.25, 0.3) is 5.91 Å². The average Bonchev–Trinajstić information content (AvgIpc) is 2.25. The molecule has 0 heterocycles. The molecule has 0 aliphatic heterocycles. The highest BCUT2D eigenvalue weighted by Gasteiger charge is 2.26. The number of carboxylic acids is 1. The van der Waals surface area contributed by atoms with Crippen LogP contribution < -0.4 is 11.1 Å². The van der Waals surface area contributed by atoms with Gasteiger partial charge in [0.15, 0.2) is 0 Å². The van der Waals surface area contributed by atoms with Gasteiger partial charge in [0.1, 0.15) is 23.2 Å². The molecule has 0 fully saturated rings. The highest BCUT2D eigenvalue weighted by Crippen LogP contribution is 2.19. The highest BCUT2D eigenvalue weighted by atomic mass is 79.9. The molecule has 1 aromatic carbocycles. The second-order valence-electron chi connectivity index (χ2n) is 3.78. The molecule has 0 saturated carbocycles. The van der Waals surface area contributed by atoms with Crippen molar-refractivity contribution in [2.24, 2.45) is 5.73 Å². The van der Waals surface area contributed by atoms with Crippen LogP contribution in [0.2, 0.25) is 0 Å². The number of halogens is 3. The van der Waals surface area contributed by atoms with Crippen molar-refractivity contribution < 1.29 is 28.3 Å². The van der Waals surface area contributed by atoms with E-state index in [4.69, 9.17) is 10.8 Å². The Balaban J connectivity index is 3.01. The monoisotopic (exact) mass is 350 g/mol. The maximum Gasteiger partial charge on any atom is 0.326 e. The van der Waals surface area contributed by atoms with Crippen LogP contribution in [-0.4, -0.2) is 28.9 Å². The van der Waals surface area contributed by atoms with Gasteiger partial charge in [0.05, 0.1) is 6.42 Å². The molecule has 1 rings (SSSR count). The lowest BCUT2D eigenvalue weighted by atomic mass is 10.1. The molecule has 108 valence electrons. The molecule has 0 bridgehead atoms. The lowest BCUT2D eigenvalue weighted by molar-refractivity contribution is -0.140. The van der Waals surface area contributed by atoms with Gasteiger partial charge in [-0.05, 0) is 12.1 Å². The van der Waals surface area contributed by atoms with Crippen LogP contribution in [0.5, 0.6) is 0 Å². The van der Waals surface area contributed by atoms with E-state index in [0.29, 0.717) is 0 Å². The van der Waals surface area contributed by atoms with E-state index in [9.17, 15) is 23.2 Å². The van der Waals surface area contributed by atoms with Gasteiger partial charge >= 0.3 is 5.97 Å². The Labute approximate surface area is 120 Å². The third kappa shape index (κ3) is 3.98. The van der Waals surface area contributed by atoms with Crippen molar-refractivity contribution in [3.05, 3.63) is 33.8 Å². The van der Waals surface area contributed by atoms with Gasteiger partial charge in [-0.2, -0.15) is 0 Å². The molecule has 20 heavy (non-hydrogen) atoms. The van der Waals surface area contributed by atoms with Crippen molar-refractivity contribution in [2.45, 2.75) is 12.5 Å². The second-order valence-corrected chi connectivity index (χ2v) is 4.69. The quantitative estimate of drug-likeness (QED) is 0.728. The molecule has 0 aliphatic carbocycles. The Morgan fingerprint density at radius 1 is 1.30 bits per heavy atom. The number of aliphatic carboxylic acids is 1. The van der Waals surface area contributed by atoms with E-state index < -0.39 is 47.4 Å². The van der Waals surface area contributed by atoms with Crippen molar-refractivity contribution in [1.29, 1.82) is 0 Å². The van der Waals surface area contributed by atoms with Gasteiger partial charge in [-0.15, -0.1) is 0 Å². The summed E-state index contributed by atoms with van der Waals surface area (Å²) < 4.78 is 27.1. The van der Waals surface area contributed by atoms with Crippen molar-refractivity contribution in [2.75, 3.05) is 0 Å². The molecule has 4 N–H and O–H groups in total. The number of hydrogen-bond donors (Lipinski definition) is 3. The number of nitrogens with one attached hydrogen (secondary N) is 1. The minimum absolute atomic E-state index is 0.0796. The summed E-state index contributed by atoms with van der Waals surface area (Å²) in [5.74, 6) is -6.15. The van der Waals surface area contributed by atoms with E-state index in [0.717, 1.165) is 12.1 Å². The first-order valence-corrected chi connectivity index (χ1v) is 5.98. The Kier molecular flexibility index (Phi) is 5.14. The van der Waals surface area contributed by atoms with Crippen LogP contribution in [0.15, 0.2) is 16.6 Å². The third-order valence-corrected chi connectivity index (χ3v) is 2.70. The minimum atomic E-state index is -1.66. The largest absolute Gasteiger partial charge is 0.480 e.